The number of allylic oxidation sites excluding steroid dienone is 6. The minimum Gasteiger partial charge on any atom is -0.353 e. The van der Waals surface area contributed by atoms with Crippen LogP contribution in [0.4, 0.5) is 0 Å². The van der Waals surface area contributed by atoms with Gasteiger partial charge in [0.2, 0.25) is 0 Å². The zero-order valence-corrected chi connectivity index (χ0v) is 23.8. The molecule has 4 nitrogen and oxygen atoms in total. The molecule has 1 atom stereocenters. The van der Waals surface area contributed by atoms with Crippen LogP contribution in [0, 0.1) is 5.92 Å². The van der Waals surface area contributed by atoms with E-state index >= 15 is 0 Å². The summed E-state index contributed by atoms with van der Waals surface area (Å²) < 4.78 is 0. The number of rotatable bonds is 3. The Bertz CT molecular complexity index is 1390. The van der Waals surface area contributed by atoms with E-state index in [1.165, 1.54) is 37.2 Å². The fourth-order valence-corrected chi connectivity index (χ4v) is 7.33. The second-order valence-electron chi connectivity index (χ2n) is 10.1. The van der Waals surface area contributed by atoms with Gasteiger partial charge in [0, 0.05) is 57.9 Å². The van der Waals surface area contributed by atoms with Crippen LogP contribution in [0.1, 0.15) is 44.2 Å². The van der Waals surface area contributed by atoms with Gasteiger partial charge in [-0.25, -0.2) is 9.98 Å². The molecule has 4 aliphatic rings. The van der Waals surface area contributed by atoms with Crippen LogP contribution < -0.4 is 0 Å². The molecule has 2 aromatic carbocycles. The number of benzene rings is 2. The highest BCUT2D eigenvalue weighted by atomic mass is 32.2. The van der Waals surface area contributed by atoms with Crippen molar-refractivity contribution in [2.75, 3.05) is 26.2 Å². The van der Waals surface area contributed by atoms with Gasteiger partial charge in [0.05, 0.1) is 11.4 Å². The Morgan fingerprint density at radius 1 is 0.895 bits per heavy atom. The molecule has 1 unspecified atom stereocenters. The fourth-order valence-electron chi connectivity index (χ4n) is 5.27. The van der Waals surface area contributed by atoms with Gasteiger partial charge in [0.15, 0.2) is 0 Å². The molecule has 2 aromatic rings. The second-order valence-corrected chi connectivity index (χ2v) is 12.1. The maximum absolute atomic E-state index is 5.32. The first-order valence-electron chi connectivity index (χ1n) is 13.6. The molecule has 0 radical (unpaired) electrons. The van der Waals surface area contributed by atoms with E-state index in [0.29, 0.717) is 5.92 Å². The van der Waals surface area contributed by atoms with Crippen LogP contribution in [0.5, 0.6) is 0 Å². The SMILES string of the molecule is C/C=C\CC(C)C1=CSc2ccccc2C(N2CCN(C3=NC4=C(C=CCC4)Sc4ccccc43)CC2)=N1. The van der Waals surface area contributed by atoms with Gasteiger partial charge in [-0.3, -0.25) is 0 Å². The maximum atomic E-state index is 5.32. The van der Waals surface area contributed by atoms with Gasteiger partial charge in [-0.1, -0.05) is 91.1 Å². The number of amidine groups is 2. The first-order valence-corrected chi connectivity index (χ1v) is 15.3. The number of nitrogens with zero attached hydrogens (tertiary/aromatic N) is 4. The lowest BCUT2D eigenvalue weighted by Crippen LogP contribution is -2.51. The first kappa shape index (κ1) is 25.3. The Kier molecular flexibility index (Phi) is 7.61. The van der Waals surface area contributed by atoms with Crippen molar-refractivity contribution >= 4 is 35.2 Å². The van der Waals surface area contributed by atoms with Crippen molar-refractivity contribution in [2.45, 2.75) is 42.9 Å². The molecule has 194 valence electrons. The average molecular weight is 539 g/mol. The summed E-state index contributed by atoms with van der Waals surface area (Å²) in [7, 11) is 0. The summed E-state index contributed by atoms with van der Waals surface area (Å²) in [6, 6.07) is 17.5. The Hall–Kier alpha value is -2.96. The summed E-state index contributed by atoms with van der Waals surface area (Å²) in [5.74, 6) is 2.63. The van der Waals surface area contributed by atoms with Crippen LogP contribution in [0.15, 0.2) is 114 Å². The third kappa shape index (κ3) is 5.16. The summed E-state index contributed by atoms with van der Waals surface area (Å²) in [5.41, 5.74) is 4.90. The lowest BCUT2D eigenvalue weighted by Gasteiger charge is -2.38. The molecule has 38 heavy (non-hydrogen) atoms. The number of hydrogen-bond donors (Lipinski definition) is 0. The number of hydrogen-bond acceptors (Lipinski definition) is 6. The Balaban J connectivity index is 1.28. The lowest BCUT2D eigenvalue weighted by atomic mass is 10.0. The lowest BCUT2D eigenvalue weighted by molar-refractivity contribution is 0.259. The molecular formula is C32H34N4S2. The Morgan fingerprint density at radius 2 is 1.55 bits per heavy atom. The van der Waals surface area contributed by atoms with Crippen LogP contribution in [-0.2, 0) is 0 Å². The topological polar surface area (TPSA) is 31.2 Å². The van der Waals surface area contributed by atoms with Gasteiger partial charge >= 0.3 is 0 Å². The van der Waals surface area contributed by atoms with E-state index in [4.69, 9.17) is 9.98 Å². The van der Waals surface area contributed by atoms with Gasteiger partial charge in [0.1, 0.15) is 11.7 Å². The third-order valence-electron chi connectivity index (χ3n) is 7.47. The fraction of sp³-hybridized carbons (Fsp3) is 0.312. The minimum absolute atomic E-state index is 0.380. The van der Waals surface area contributed by atoms with Gasteiger partial charge < -0.3 is 9.80 Å². The molecule has 1 saturated heterocycles. The summed E-state index contributed by atoms with van der Waals surface area (Å²) in [6.45, 7) is 8.08. The molecule has 0 bridgehead atoms. The molecule has 0 aromatic heterocycles. The standard InChI is InChI=1S/C32H34N4S2/c1-3-4-11-23(2)27-22-37-28-15-8-5-12-24(28)31(34-27)35-18-20-36(21-19-35)32-25-13-6-9-16-29(25)38-30-17-10-7-14-26(30)33-32/h3-6,8-10,12-13,15-17,22-23H,7,11,14,18-21H2,1-2H3/b4-3-. The smallest absolute Gasteiger partial charge is 0.137 e. The molecular weight excluding hydrogens is 505 g/mol. The third-order valence-corrected chi connectivity index (χ3v) is 9.61. The van der Waals surface area contributed by atoms with E-state index < -0.39 is 0 Å². The van der Waals surface area contributed by atoms with E-state index in [1.807, 2.05) is 11.8 Å². The van der Waals surface area contributed by atoms with E-state index in [9.17, 15) is 0 Å². The quantitative estimate of drug-likeness (QED) is 0.375. The molecule has 0 saturated carbocycles. The molecule has 1 aliphatic carbocycles. The van der Waals surface area contributed by atoms with E-state index in [0.717, 1.165) is 57.1 Å². The summed E-state index contributed by atoms with van der Waals surface area (Å²) in [6.07, 6.45) is 12.0. The molecule has 0 amide bonds. The first-order chi connectivity index (χ1) is 18.7. The zero-order chi connectivity index (χ0) is 25.9. The normalized spacial score (nSPS) is 20.1. The number of piperazine rings is 1. The highest BCUT2D eigenvalue weighted by molar-refractivity contribution is 8.03. The monoisotopic (exact) mass is 538 g/mol. The van der Waals surface area contributed by atoms with E-state index in [1.54, 1.807) is 11.8 Å². The van der Waals surface area contributed by atoms with Crippen LogP contribution in [0.25, 0.3) is 0 Å². The largest absolute Gasteiger partial charge is 0.353 e. The van der Waals surface area contributed by atoms with Crippen molar-refractivity contribution in [3.8, 4) is 0 Å². The summed E-state index contributed by atoms with van der Waals surface area (Å²) in [4.78, 5) is 19.5. The van der Waals surface area contributed by atoms with Gasteiger partial charge in [-0.2, -0.15) is 0 Å². The molecule has 0 spiro atoms. The Labute approximate surface area is 235 Å². The van der Waals surface area contributed by atoms with E-state index in [2.05, 4.69) is 102 Å². The van der Waals surface area contributed by atoms with Crippen molar-refractivity contribution < 1.29 is 0 Å². The Morgan fingerprint density at radius 3 is 2.29 bits per heavy atom. The van der Waals surface area contributed by atoms with Crippen molar-refractivity contribution in [1.29, 1.82) is 0 Å². The molecule has 6 heteroatoms. The predicted molar refractivity (Wildman–Crippen MR) is 163 cm³/mol. The minimum atomic E-state index is 0.380. The van der Waals surface area contributed by atoms with Crippen molar-refractivity contribution in [3.05, 3.63) is 106 Å². The summed E-state index contributed by atoms with van der Waals surface area (Å²) in [5, 5.41) is 2.26. The van der Waals surface area contributed by atoms with Crippen LogP contribution >= 0.6 is 23.5 Å². The van der Waals surface area contributed by atoms with Crippen LogP contribution in [0.2, 0.25) is 0 Å². The average Bonchev–Trinajstić information content (AvgIpc) is 3.26. The van der Waals surface area contributed by atoms with Crippen LogP contribution in [0.3, 0.4) is 0 Å². The molecule has 0 N–H and O–H groups in total. The van der Waals surface area contributed by atoms with Crippen molar-refractivity contribution in [1.82, 2.24) is 9.80 Å². The molecule has 3 heterocycles. The number of thioether (sulfide) groups is 2. The van der Waals surface area contributed by atoms with Gasteiger partial charge in [-0.15, -0.1) is 0 Å². The van der Waals surface area contributed by atoms with Gasteiger partial charge in [-0.05, 0) is 43.7 Å². The van der Waals surface area contributed by atoms with Crippen LogP contribution in [-0.4, -0.2) is 47.7 Å². The molecule has 6 rings (SSSR count). The highest BCUT2D eigenvalue weighted by Crippen LogP contribution is 2.40. The maximum Gasteiger partial charge on any atom is 0.137 e. The van der Waals surface area contributed by atoms with E-state index in [-0.39, 0.29) is 0 Å². The summed E-state index contributed by atoms with van der Waals surface area (Å²) >= 11 is 3.67. The highest BCUT2D eigenvalue weighted by Gasteiger charge is 2.29. The number of fused-ring (bicyclic) bond motifs is 2. The van der Waals surface area contributed by atoms with Crippen molar-refractivity contribution in [3.63, 3.8) is 0 Å². The predicted octanol–water partition coefficient (Wildman–Crippen LogP) is 7.71. The molecule has 3 aliphatic heterocycles. The second kappa shape index (κ2) is 11.4. The van der Waals surface area contributed by atoms with Crippen molar-refractivity contribution in [2.24, 2.45) is 15.9 Å². The van der Waals surface area contributed by atoms with Gasteiger partial charge in [0.25, 0.3) is 0 Å². The number of aliphatic imine (C=N–C) groups is 2. The zero-order valence-electron chi connectivity index (χ0n) is 22.1. The molecule has 1 fully saturated rings.